The zero-order chi connectivity index (χ0) is 15.2. The summed E-state index contributed by atoms with van der Waals surface area (Å²) in [5.41, 5.74) is 1.47. The Balaban J connectivity index is 2.12. The van der Waals surface area contributed by atoms with Crippen molar-refractivity contribution in [2.24, 2.45) is 0 Å². The van der Waals surface area contributed by atoms with E-state index in [4.69, 9.17) is 10.00 Å². The van der Waals surface area contributed by atoms with E-state index in [1.54, 1.807) is 42.5 Å². The fourth-order valence-corrected chi connectivity index (χ4v) is 1.70. The fourth-order valence-electron chi connectivity index (χ4n) is 1.70. The average Bonchev–Trinajstić information content (AvgIpc) is 2.47. The normalized spacial score (nSPS) is 9.52. The third kappa shape index (κ3) is 3.91. The summed E-state index contributed by atoms with van der Waals surface area (Å²) in [5, 5.41) is 11.4. The quantitative estimate of drug-likeness (QED) is 0.692. The van der Waals surface area contributed by atoms with Gasteiger partial charge in [0.15, 0.2) is 0 Å². The number of amides is 1. The third-order valence-electron chi connectivity index (χ3n) is 2.63. The van der Waals surface area contributed by atoms with Gasteiger partial charge >= 0.3 is 5.97 Å². The molecule has 0 saturated carbocycles. The summed E-state index contributed by atoms with van der Waals surface area (Å²) in [6, 6.07) is 14.9. The number of hydrogen-bond donors (Lipinski definition) is 1. The molecule has 0 bridgehead atoms. The standard InChI is InChI=1S/C16H12N2O3/c1-11(19)21-15-4-2-3-13(9-15)16(20)18-14-7-5-12(10-17)6-8-14/h2-9H,1H3,(H,18,20). The number of rotatable bonds is 3. The van der Waals surface area contributed by atoms with E-state index in [0.717, 1.165) is 0 Å². The zero-order valence-electron chi connectivity index (χ0n) is 11.3. The molecule has 2 aromatic carbocycles. The van der Waals surface area contributed by atoms with Gasteiger partial charge in [-0.25, -0.2) is 0 Å². The van der Waals surface area contributed by atoms with E-state index in [1.807, 2.05) is 6.07 Å². The van der Waals surface area contributed by atoms with Crippen LogP contribution in [-0.2, 0) is 4.79 Å². The number of carbonyl (C=O) groups is 2. The number of nitrogens with one attached hydrogen (secondary N) is 1. The van der Waals surface area contributed by atoms with Crippen molar-refractivity contribution in [3.63, 3.8) is 0 Å². The first-order chi connectivity index (χ1) is 10.1. The van der Waals surface area contributed by atoms with Gasteiger partial charge in [-0.3, -0.25) is 9.59 Å². The number of nitriles is 1. The van der Waals surface area contributed by atoms with Crippen molar-refractivity contribution in [1.29, 1.82) is 5.26 Å². The Bertz CT molecular complexity index is 715. The smallest absolute Gasteiger partial charge is 0.308 e. The number of benzene rings is 2. The lowest BCUT2D eigenvalue weighted by atomic mass is 10.2. The van der Waals surface area contributed by atoms with Gasteiger partial charge in [-0.1, -0.05) is 6.07 Å². The zero-order valence-corrected chi connectivity index (χ0v) is 11.3. The summed E-state index contributed by atoms with van der Waals surface area (Å²) in [6.45, 7) is 1.30. The molecule has 5 nitrogen and oxygen atoms in total. The molecule has 0 radical (unpaired) electrons. The van der Waals surface area contributed by atoms with Crippen molar-refractivity contribution in [3.05, 3.63) is 59.7 Å². The molecule has 0 saturated heterocycles. The lowest BCUT2D eigenvalue weighted by Gasteiger charge is -2.07. The van der Waals surface area contributed by atoms with E-state index in [0.29, 0.717) is 22.6 Å². The van der Waals surface area contributed by atoms with E-state index in [-0.39, 0.29) is 5.91 Å². The molecule has 0 unspecified atom stereocenters. The summed E-state index contributed by atoms with van der Waals surface area (Å²) >= 11 is 0. The van der Waals surface area contributed by atoms with Crippen LogP contribution in [0, 0.1) is 11.3 Å². The minimum atomic E-state index is -0.445. The number of ether oxygens (including phenoxy) is 1. The van der Waals surface area contributed by atoms with Crippen molar-refractivity contribution < 1.29 is 14.3 Å². The topological polar surface area (TPSA) is 79.2 Å². The lowest BCUT2D eigenvalue weighted by molar-refractivity contribution is -0.131. The van der Waals surface area contributed by atoms with Crippen molar-refractivity contribution in [1.82, 2.24) is 0 Å². The molecule has 104 valence electrons. The number of esters is 1. The SMILES string of the molecule is CC(=O)Oc1cccc(C(=O)Nc2ccc(C#N)cc2)c1. The van der Waals surface area contributed by atoms with Crippen molar-refractivity contribution >= 4 is 17.6 Å². The maximum absolute atomic E-state index is 12.1. The Labute approximate surface area is 121 Å². The molecule has 0 spiro atoms. The summed E-state index contributed by atoms with van der Waals surface area (Å²) in [5.74, 6) is -0.455. The molecule has 0 heterocycles. The summed E-state index contributed by atoms with van der Waals surface area (Å²) < 4.78 is 4.93. The molecular weight excluding hydrogens is 268 g/mol. The van der Waals surface area contributed by atoms with Crippen LogP contribution in [0.5, 0.6) is 5.75 Å². The van der Waals surface area contributed by atoms with Crippen molar-refractivity contribution in [3.8, 4) is 11.8 Å². The van der Waals surface area contributed by atoms with Gasteiger partial charge < -0.3 is 10.1 Å². The second-order valence-corrected chi connectivity index (χ2v) is 4.26. The molecule has 1 N–H and O–H groups in total. The van der Waals surface area contributed by atoms with Gasteiger partial charge in [-0.05, 0) is 42.5 Å². The van der Waals surface area contributed by atoms with Gasteiger partial charge in [0.2, 0.25) is 0 Å². The van der Waals surface area contributed by atoms with Crippen LogP contribution >= 0.6 is 0 Å². The minimum Gasteiger partial charge on any atom is -0.427 e. The average molecular weight is 280 g/mol. The van der Waals surface area contributed by atoms with Gasteiger partial charge in [0, 0.05) is 18.2 Å². The maximum atomic E-state index is 12.1. The highest BCUT2D eigenvalue weighted by Crippen LogP contribution is 2.16. The number of carbonyl (C=O) groups excluding carboxylic acids is 2. The highest BCUT2D eigenvalue weighted by molar-refractivity contribution is 6.04. The molecule has 2 rings (SSSR count). The maximum Gasteiger partial charge on any atom is 0.308 e. The molecule has 2 aromatic rings. The van der Waals surface area contributed by atoms with Crippen LogP contribution in [0.1, 0.15) is 22.8 Å². The van der Waals surface area contributed by atoms with Gasteiger partial charge in [-0.15, -0.1) is 0 Å². The Morgan fingerprint density at radius 1 is 1.14 bits per heavy atom. The van der Waals surface area contributed by atoms with Gasteiger partial charge in [0.1, 0.15) is 5.75 Å². The number of anilines is 1. The second kappa shape index (κ2) is 6.35. The molecule has 0 aliphatic carbocycles. The predicted octanol–water partition coefficient (Wildman–Crippen LogP) is 2.74. The fraction of sp³-hybridized carbons (Fsp3) is 0.0625. The first-order valence-corrected chi connectivity index (χ1v) is 6.18. The van der Waals surface area contributed by atoms with Crippen LogP contribution in [-0.4, -0.2) is 11.9 Å². The molecule has 5 heteroatoms. The van der Waals surface area contributed by atoms with Gasteiger partial charge in [-0.2, -0.15) is 5.26 Å². The Morgan fingerprint density at radius 2 is 1.86 bits per heavy atom. The third-order valence-corrected chi connectivity index (χ3v) is 2.63. The Kier molecular flexibility index (Phi) is 4.32. The van der Waals surface area contributed by atoms with Crippen LogP contribution in [0.25, 0.3) is 0 Å². The van der Waals surface area contributed by atoms with Crippen LogP contribution in [0.4, 0.5) is 5.69 Å². The molecular formula is C16H12N2O3. The summed E-state index contributed by atoms with van der Waals surface area (Å²) in [7, 11) is 0. The highest BCUT2D eigenvalue weighted by atomic mass is 16.5. The Hall–Kier alpha value is -3.13. The predicted molar refractivity (Wildman–Crippen MR) is 76.9 cm³/mol. The van der Waals surface area contributed by atoms with E-state index >= 15 is 0 Å². The van der Waals surface area contributed by atoms with Gasteiger partial charge in [0.25, 0.3) is 5.91 Å². The highest BCUT2D eigenvalue weighted by Gasteiger charge is 2.08. The summed E-state index contributed by atoms with van der Waals surface area (Å²) in [6.07, 6.45) is 0. The summed E-state index contributed by atoms with van der Waals surface area (Å²) in [4.78, 5) is 23.0. The molecule has 0 atom stereocenters. The van der Waals surface area contributed by atoms with Crippen LogP contribution in [0.15, 0.2) is 48.5 Å². The van der Waals surface area contributed by atoms with Crippen LogP contribution in [0.3, 0.4) is 0 Å². The first kappa shape index (κ1) is 14.3. The van der Waals surface area contributed by atoms with E-state index in [1.165, 1.54) is 13.0 Å². The monoisotopic (exact) mass is 280 g/mol. The molecule has 0 aliphatic heterocycles. The minimum absolute atomic E-state index is 0.315. The molecule has 1 amide bonds. The first-order valence-electron chi connectivity index (χ1n) is 6.18. The second-order valence-electron chi connectivity index (χ2n) is 4.26. The molecule has 0 fully saturated rings. The largest absolute Gasteiger partial charge is 0.427 e. The number of hydrogen-bond acceptors (Lipinski definition) is 4. The van der Waals surface area contributed by atoms with Crippen LogP contribution in [0.2, 0.25) is 0 Å². The molecule has 0 aliphatic rings. The van der Waals surface area contributed by atoms with Gasteiger partial charge in [0.05, 0.1) is 11.6 Å². The van der Waals surface area contributed by atoms with E-state index < -0.39 is 5.97 Å². The Morgan fingerprint density at radius 3 is 2.48 bits per heavy atom. The van der Waals surface area contributed by atoms with Crippen LogP contribution < -0.4 is 10.1 Å². The lowest BCUT2D eigenvalue weighted by Crippen LogP contribution is -2.12. The molecule has 21 heavy (non-hydrogen) atoms. The van der Waals surface area contributed by atoms with Crippen molar-refractivity contribution in [2.45, 2.75) is 6.92 Å². The number of nitrogens with zero attached hydrogens (tertiary/aromatic N) is 1. The van der Waals surface area contributed by atoms with E-state index in [2.05, 4.69) is 5.32 Å². The van der Waals surface area contributed by atoms with Crippen molar-refractivity contribution in [2.75, 3.05) is 5.32 Å². The van der Waals surface area contributed by atoms with E-state index in [9.17, 15) is 9.59 Å². The molecule has 0 aromatic heterocycles.